The van der Waals surface area contributed by atoms with Gasteiger partial charge in [0.2, 0.25) is 0 Å². The van der Waals surface area contributed by atoms with Crippen LogP contribution in [0.15, 0.2) is 118 Å². The highest BCUT2D eigenvalue weighted by molar-refractivity contribution is 9.10. The molecule has 0 nitrogen and oxygen atoms in total. The lowest BCUT2D eigenvalue weighted by molar-refractivity contribution is 0.779. The van der Waals surface area contributed by atoms with Crippen molar-refractivity contribution in [2.75, 3.05) is 0 Å². The predicted octanol–water partition coefficient (Wildman–Crippen LogP) is 10.6. The van der Waals surface area contributed by atoms with Crippen molar-refractivity contribution in [2.45, 2.75) is 25.7 Å². The van der Waals surface area contributed by atoms with E-state index in [1.807, 2.05) is 0 Å². The van der Waals surface area contributed by atoms with Crippen molar-refractivity contribution in [1.82, 2.24) is 0 Å². The third-order valence-corrected chi connectivity index (χ3v) is 6.91. The van der Waals surface area contributed by atoms with Gasteiger partial charge in [0.1, 0.15) is 0 Å². The number of benzene rings is 4. The van der Waals surface area contributed by atoms with E-state index in [1.165, 1.54) is 33.4 Å². The summed E-state index contributed by atoms with van der Waals surface area (Å²) in [6.45, 7) is 0. The molecule has 4 rings (SSSR count). The SMILES string of the molecule is Brc1ccc(/C(=C\c2ccccc2)CCCC/C(=C\c2ccccc2)c2ccc(Br)cc2)cc1. The zero-order valence-electron chi connectivity index (χ0n) is 19.1. The Morgan fingerprint density at radius 1 is 0.471 bits per heavy atom. The molecule has 0 N–H and O–H groups in total. The molecule has 0 fully saturated rings. The molecule has 0 aliphatic heterocycles. The molecule has 0 saturated carbocycles. The molecule has 2 heteroatoms. The minimum Gasteiger partial charge on any atom is -0.0622 e. The van der Waals surface area contributed by atoms with Crippen LogP contribution in [0.1, 0.15) is 47.9 Å². The lowest BCUT2D eigenvalue weighted by Gasteiger charge is -2.12. The summed E-state index contributed by atoms with van der Waals surface area (Å²) >= 11 is 7.13. The quantitative estimate of drug-likeness (QED) is 0.138. The average Bonchev–Trinajstić information content (AvgIpc) is 2.87. The average molecular weight is 572 g/mol. The molecule has 0 heterocycles. The van der Waals surface area contributed by atoms with Gasteiger partial charge in [0.15, 0.2) is 0 Å². The van der Waals surface area contributed by atoms with Gasteiger partial charge in [-0.3, -0.25) is 0 Å². The largest absolute Gasteiger partial charge is 0.0622 e. The van der Waals surface area contributed by atoms with Crippen molar-refractivity contribution in [2.24, 2.45) is 0 Å². The van der Waals surface area contributed by atoms with E-state index >= 15 is 0 Å². The van der Waals surface area contributed by atoms with Gasteiger partial charge in [0.05, 0.1) is 0 Å². The summed E-state index contributed by atoms with van der Waals surface area (Å²) in [5.74, 6) is 0. The molecule has 4 aromatic rings. The first-order valence-electron chi connectivity index (χ1n) is 11.7. The summed E-state index contributed by atoms with van der Waals surface area (Å²) in [6.07, 6.45) is 9.04. The van der Waals surface area contributed by atoms with Crippen molar-refractivity contribution in [3.8, 4) is 0 Å². The van der Waals surface area contributed by atoms with Crippen LogP contribution in [-0.2, 0) is 0 Å². The number of halogens is 2. The maximum atomic E-state index is 3.57. The van der Waals surface area contributed by atoms with Crippen molar-refractivity contribution >= 4 is 55.2 Å². The van der Waals surface area contributed by atoms with E-state index in [4.69, 9.17) is 0 Å². The van der Waals surface area contributed by atoms with Crippen molar-refractivity contribution < 1.29 is 0 Å². The third kappa shape index (κ3) is 7.41. The smallest absolute Gasteiger partial charge is 0.0175 e. The Balaban J connectivity index is 1.49. The first-order chi connectivity index (χ1) is 16.7. The van der Waals surface area contributed by atoms with E-state index in [9.17, 15) is 0 Å². The van der Waals surface area contributed by atoms with Gasteiger partial charge < -0.3 is 0 Å². The Bertz CT molecular complexity index is 1120. The molecule has 0 radical (unpaired) electrons. The lowest BCUT2D eigenvalue weighted by atomic mass is 9.94. The fraction of sp³-hybridized carbons (Fsp3) is 0.125. The lowest BCUT2D eigenvalue weighted by Crippen LogP contribution is -1.90. The van der Waals surface area contributed by atoms with Crippen molar-refractivity contribution in [3.63, 3.8) is 0 Å². The molecule has 0 spiro atoms. The second kappa shape index (κ2) is 12.7. The highest BCUT2D eigenvalue weighted by Gasteiger charge is 2.06. The van der Waals surface area contributed by atoms with Gasteiger partial charge in [-0.1, -0.05) is 129 Å². The summed E-state index contributed by atoms with van der Waals surface area (Å²) in [5.41, 5.74) is 7.85. The molecular formula is C32H28Br2. The second-order valence-electron chi connectivity index (χ2n) is 8.38. The Morgan fingerprint density at radius 2 is 0.824 bits per heavy atom. The fourth-order valence-corrected chi connectivity index (χ4v) is 4.59. The molecule has 0 atom stereocenters. The highest BCUT2D eigenvalue weighted by Crippen LogP contribution is 2.29. The summed E-state index contributed by atoms with van der Waals surface area (Å²) in [7, 11) is 0. The molecule has 34 heavy (non-hydrogen) atoms. The first kappa shape index (κ1) is 24.4. The zero-order chi connectivity index (χ0) is 23.6. The molecule has 0 aliphatic rings. The van der Waals surface area contributed by atoms with Gasteiger partial charge in [-0.05, 0) is 83.3 Å². The summed E-state index contributed by atoms with van der Waals surface area (Å²) in [5, 5.41) is 0. The van der Waals surface area contributed by atoms with E-state index in [0.29, 0.717) is 0 Å². The normalized spacial score (nSPS) is 12.1. The Morgan fingerprint density at radius 3 is 1.18 bits per heavy atom. The van der Waals surface area contributed by atoms with Crippen molar-refractivity contribution in [1.29, 1.82) is 0 Å². The van der Waals surface area contributed by atoms with Gasteiger partial charge >= 0.3 is 0 Å². The van der Waals surface area contributed by atoms with Crippen LogP contribution >= 0.6 is 31.9 Å². The topological polar surface area (TPSA) is 0 Å². The number of hydrogen-bond acceptors (Lipinski definition) is 0. The number of unbranched alkanes of at least 4 members (excludes halogenated alkanes) is 1. The number of rotatable bonds is 9. The van der Waals surface area contributed by atoms with Crippen LogP contribution in [0, 0.1) is 0 Å². The van der Waals surface area contributed by atoms with E-state index in [0.717, 1.165) is 34.6 Å². The maximum Gasteiger partial charge on any atom is 0.0175 e. The zero-order valence-corrected chi connectivity index (χ0v) is 22.3. The fourth-order valence-electron chi connectivity index (χ4n) is 4.06. The minimum atomic E-state index is 1.05. The van der Waals surface area contributed by atoms with Crippen LogP contribution in [-0.4, -0.2) is 0 Å². The molecular weight excluding hydrogens is 544 g/mol. The Hall–Kier alpha value is -2.68. The summed E-state index contributed by atoms with van der Waals surface area (Å²) in [6, 6.07) is 38.6. The van der Waals surface area contributed by atoms with E-state index < -0.39 is 0 Å². The number of hydrogen-bond donors (Lipinski definition) is 0. The molecule has 4 aromatic carbocycles. The Labute approximate surface area is 220 Å². The van der Waals surface area contributed by atoms with Gasteiger partial charge in [-0.15, -0.1) is 0 Å². The van der Waals surface area contributed by atoms with Crippen LogP contribution in [0.3, 0.4) is 0 Å². The van der Waals surface area contributed by atoms with E-state index in [1.54, 1.807) is 0 Å². The van der Waals surface area contributed by atoms with E-state index in [2.05, 4.69) is 153 Å². The van der Waals surface area contributed by atoms with Crippen LogP contribution in [0.4, 0.5) is 0 Å². The number of allylic oxidation sites excluding steroid dienone is 2. The van der Waals surface area contributed by atoms with Gasteiger partial charge in [-0.25, -0.2) is 0 Å². The molecule has 0 bridgehead atoms. The summed E-state index contributed by atoms with van der Waals surface area (Å²) in [4.78, 5) is 0. The third-order valence-electron chi connectivity index (χ3n) is 5.85. The van der Waals surface area contributed by atoms with E-state index in [-0.39, 0.29) is 0 Å². The first-order valence-corrected chi connectivity index (χ1v) is 13.3. The van der Waals surface area contributed by atoms with Crippen LogP contribution in [0.5, 0.6) is 0 Å². The minimum absolute atomic E-state index is 1.05. The maximum absolute atomic E-state index is 3.57. The van der Waals surface area contributed by atoms with Crippen molar-refractivity contribution in [3.05, 3.63) is 140 Å². The second-order valence-corrected chi connectivity index (χ2v) is 10.2. The molecule has 0 saturated heterocycles. The highest BCUT2D eigenvalue weighted by atomic mass is 79.9. The standard InChI is InChI=1S/C32H28Br2/c33-31-19-15-27(16-20-31)29(23-25-9-3-1-4-10-25)13-7-8-14-30(24-26-11-5-2-6-12-26)28-17-21-32(34)22-18-28/h1-6,9-12,15-24H,7-8,13-14H2/b29-23-,30-24+. The molecule has 0 aromatic heterocycles. The van der Waals surface area contributed by atoms with Gasteiger partial charge in [-0.2, -0.15) is 0 Å². The molecule has 0 aliphatic carbocycles. The van der Waals surface area contributed by atoms with Crippen LogP contribution < -0.4 is 0 Å². The van der Waals surface area contributed by atoms with Gasteiger partial charge in [0.25, 0.3) is 0 Å². The molecule has 0 amide bonds. The predicted molar refractivity (Wildman–Crippen MR) is 155 cm³/mol. The Kier molecular flexibility index (Phi) is 9.12. The van der Waals surface area contributed by atoms with Gasteiger partial charge in [0, 0.05) is 8.95 Å². The van der Waals surface area contributed by atoms with Crippen LogP contribution in [0.2, 0.25) is 0 Å². The monoisotopic (exact) mass is 570 g/mol. The molecule has 0 unspecified atom stereocenters. The summed E-state index contributed by atoms with van der Waals surface area (Å²) < 4.78 is 2.22. The molecule has 170 valence electrons. The van der Waals surface area contributed by atoms with Crippen LogP contribution in [0.25, 0.3) is 23.3 Å².